The summed E-state index contributed by atoms with van der Waals surface area (Å²) in [4.78, 5) is 25.2. The summed E-state index contributed by atoms with van der Waals surface area (Å²) in [6.07, 6.45) is 3.03. The first-order chi connectivity index (χ1) is 16.6. The molecule has 34 heavy (non-hydrogen) atoms. The van der Waals surface area contributed by atoms with E-state index in [1.807, 2.05) is 48.5 Å². The number of hydrogen-bond acceptors (Lipinski definition) is 6. The van der Waals surface area contributed by atoms with Crippen LogP contribution in [0.3, 0.4) is 0 Å². The van der Waals surface area contributed by atoms with Crippen LogP contribution in [0, 0.1) is 11.8 Å². The molecule has 0 heterocycles. The summed E-state index contributed by atoms with van der Waals surface area (Å²) in [5, 5.41) is 5.87. The second-order valence-corrected chi connectivity index (χ2v) is 8.19. The number of carbonyl (C=O) groups excluding carboxylic acids is 2. The largest absolute Gasteiger partial charge is 0.497 e. The van der Waals surface area contributed by atoms with Crippen molar-refractivity contribution in [2.24, 2.45) is 11.8 Å². The lowest BCUT2D eigenvalue weighted by molar-refractivity contribution is -0.130. The van der Waals surface area contributed by atoms with Crippen molar-refractivity contribution in [2.45, 2.75) is 25.7 Å². The number of ether oxygens (including phenoxy) is 4. The quantitative estimate of drug-likeness (QED) is 0.463. The number of carbonyl (C=O) groups is 2. The Morgan fingerprint density at radius 2 is 1.09 bits per heavy atom. The first kappa shape index (κ1) is 25.2. The first-order valence-corrected chi connectivity index (χ1v) is 11.7. The topological polar surface area (TPSA) is 95.1 Å². The standard InChI is InChI=1S/C26H34N2O6/c1-31-21-6-10-23(11-7-21)33-16-14-27-25(29)19-4-3-5-20(18-19)26(30)28-15-17-34-24-12-8-22(32-2)9-13-24/h6-13,19-20H,3-5,14-18H2,1-2H3,(H,27,29)(H,28,30). The molecule has 0 radical (unpaired) electrons. The van der Waals surface area contributed by atoms with Crippen molar-refractivity contribution in [1.82, 2.24) is 10.6 Å². The molecular formula is C26H34N2O6. The molecule has 2 aromatic carbocycles. The van der Waals surface area contributed by atoms with Crippen LogP contribution in [0.1, 0.15) is 25.7 Å². The lowest BCUT2D eigenvalue weighted by Crippen LogP contribution is -2.40. The molecular weight excluding hydrogens is 436 g/mol. The highest BCUT2D eigenvalue weighted by Crippen LogP contribution is 2.29. The van der Waals surface area contributed by atoms with Gasteiger partial charge in [-0.3, -0.25) is 9.59 Å². The molecule has 1 aliphatic carbocycles. The Balaban J connectivity index is 1.31. The lowest BCUT2D eigenvalue weighted by Gasteiger charge is -2.27. The van der Waals surface area contributed by atoms with Gasteiger partial charge < -0.3 is 29.6 Å². The third kappa shape index (κ3) is 7.86. The summed E-state index contributed by atoms with van der Waals surface area (Å²) in [5.74, 6) is 2.64. The van der Waals surface area contributed by atoms with Crippen LogP contribution in [0.15, 0.2) is 48.5 Å². The predicted molar refractivity (Wildman–Crippen MR) is 128 cm³/mol. The van der Waals surface area contributed by atoms with Gasteiger partial charge in [-0.2, -0.15) is 0 Å². The Kier molecular flexibility index (Phi) is 9.88. The third-order valence-electron chi connectivity index (χ3n) is 5.87. The van der Waals surface area contributed by atoms with Crippen LogP contribution in [0.25, 0.3) is 0 Å². The summed E-state index contributed by atoms with van der Waals surface area (Å²) >= 11 is 0. The summed E-state index contributed by atoms with van der Waals surface area (Å²) in [6, 6.07) is 14.6. The first-order valence-electron chi connectivity index (χ1n) is 11.7. The molecule has 0 saturated heterocycles. The van der Waals surface area contributed by atoms with Gasteiger partial charge in [0.1, 0.15) is 36.2 Å². The number of benzene rings is 2. The van der Waals surface area contributed by atoms with E-state index in [2.05, 4.69) is 10.6 Å². The Morgan fingerprint density at radius 3 is 1.47 bits per heavy atom. The minimum Gasteiger partial charge on any atom is -0.497 e. The van der Waals surface area contributed by atoms with E-state index in [-0.39, 0.29) is 23.7 Å². The lowest BCUT2D eigenvalue weighted by atomic mass is 9.80. The van der Waals surface area contributed by atoms with Gasteiger partial charge in [0.15, 0.2) is 0 Å². The maximum Gasteiger partial charge on any atom is 0.223 e. The predicted octanol–water partition coefficient (Wildman–Crippen LogP) is 3.20. The van der Waals surface area contributed by atoms with Gasteiger partial charge in [-0.05, 0) is 67.8 Å². The van der Waals surface area contributed by atoms with Crippen molar-refractivity contribution >= 4 is 11.8 Å². The number of nitrogens with one attached hydrogen (secondary N) is 2. The number of amides is 2. The van der Waals surface area contributed by atoms with E-state index < -0.39 is 0 Å². The minimum atomic E-state index is -0.152. The van der Waals surface area contributed by atoms with Gasteiger partial charge in [-0.15, -0.1) is 0 Å². The summed E-state index contributed by atoms with van der Waals surface area (Å²) in [7, 11) is 3.23. The Bertz CT molecular complexity index is 827. The van der Waals surface area contributed by atoms with Crippen LogP contribution in [0.2, 0.25) is 0 Å². The van der Waals surface area contributed by atoms with E-state index >= 15 is 0 Å². The van der Waals surface area contributed by atoms with Crippen molar-refractivity contribution in [1.29, 1.82) is 0 Å². The molecule has 2 aromatic rings. The van der Waals surface area contributed by atoms with E-state index in [1.54, 1.807) is 14.2 Å². The molecule has 8 nitrogen and oxygen atoms in total. The van der Waals surface area contributed by atoms with Crippen LogP contribution in [0.4, 0.5) is 0 Å². The Labute approximate surface area is 200 Å². The fraction of sp³-hybridized carbons (Fsp3) is 0.462. The van der Waals surface area contributed by atoms with E-state index in [9.17, 15) is 9.59 Å². The van der Waals surface area contributed by atoms with Crippen LogP contribution >= 0.6 is 0 Å². The molecule has 1 saturated carbocycles. The normalized spacial score (nSPS) is 17.4. The maximum absolute atomic E-state index is 12.6. The van der Waals surface area contributed by atoms with Gasteiger partial charge in [0.25, 0.3) is 0 Å². The zero-order chi connectivity index (χ0) is 24.2. The van der Waals surface area contributed by atoms with Gasteiger partial charge in [0.2, 0.25) is 11.8 Å². The van der Waals surface area contributed by atoms with Crippen molar-refractivity contribution in [3.8, 4) is 23.0 Å². The van der Waals surface area contributed by atoms with Gasteiger partial charge in [-0.1, -0.05) is 6.42 Å². The molecule has 8 heteroatoms. The fourth-order valence-corrected chi connectivity index (χ4v) is 3.98. The van der Waals surface area contributed by atoms with Gasteiger partial charge >= 0.3 is 0 Å². The summed E-state index contributed by atoms with van der Waals surface area (Å²) in [5.41, 5.74) is 0. The number of methoxy groups -OCH3 is 2. The minimum absolute atomic E-state index is 0.0151. The van der Waals surface area contributed by atoms with E-state index in [4.69, 9.17) is 18.9 Å². The smallest absolute Gasteiger partial charge is 0.223 e. The molecule has 1 fully saturated rings. The SMILES string of the molecule is COc1ccc(OCCNC(=O)C2CCCC(C(=O)NCCOc3ccc(OC)cc3)C2)cc1. The van der Waals surface area contributed by atoms with Crippen molar-refractivity contribution < 1.29 is 28.5 Å². The monoisotopic (exact) mass is 470 g/mol. The summed E-state index contributed by atoms with van der Waals surface area (Å²) < 4.78 is 21.5. The van der Waals surface area contributed by atoms with Crippen LogP contribution < -0.4 is 29.6 Å². The van der Waals surface area contributed by atoms with Gasteiger partial charge in [0.05, 0.1) is 27.3 Å². The maximum atomic E-state index is 12.6. The molecule has 2 unspecified atom stereocenters. The molecule has 2 amide bonds. The van der Waals surface area contributed by atoms with E-state index in [0.29, 0.717) is 32.7 Å². The van der Waals surface area contributed by atoms with Crippen LogP contribution in [-0.2, 0) is 9.59 Å². The zero-order valence-electron chi connectivity index (χ0n) is 19.9. The summed E-state index contributed by atoms with van der Waals surface area (Å²) in [6.45, 7) is 1.59. The average Bonchev–Trinajstić information content (AvgIpc) is 2.89. The molecule has 0 aliphatic heterocycles. The van der Waals surface area contributed by atoms with E-state index in [1.165, 1.54) is 0 Å². The van der Waals surface area contributed by atoms with Gasteiger partial charge in [-0.25, -0.2) is 0 Å². The molecule has 0 spiro atoms. The van der Waals surface area contributed by atoms with E-state index in [0.717, 1.165) is 42.3 Å². The molecule has 0 aromatic heterocycles. The molecule has 3 rings (SSSR count). The fourth-order valence-electron chi connectivity index (χ4n) is 3.98. The van der Waals surface area contributed by atoms with Crippen LogP contribution in [0.5, 0.6) is 23.0 Å². The highest BCUT2D eigenvalue weighted by Gasteiger charge is 2.30. The van der Waals surface area contributed by atoms with Gasteiger partial charge in [0, 0.05) is 11.8 Å². The Morgan fingerprint density at radius 1 is 0.706 bits per heavy atom. The Hall–Kier alpha value is -3.42. The molecule has 2 atom stereocenters. The zero-order valence-corrected chi connectivity index (χ0v) is 19.9. The average molecular weight is 471 g/mol. The highest BCUT2D eigenvalue weighted by atomic mass is 16.5. The van der Waals surface area contributed by atoms with Crippen LogP contribution in [-0.4, -0.2) is 52.3 Å². The number of rotatable bonds is 12. The number of hydrogen-bond donors (Lipinski definition) is 2. The van der Waals surface area contributed by atoms with Crippen molar-refractivity contribution in [3.63, 3.8) is 0 Å². The molecule has 1 aliphatic rings. The molecule has 184 valence electrons. The highest BCUT2D eigenvalue weighted by molar-refractivity contribution is 5.82. The third-order valence-corrected chi connectivity index (χ3v) is 5.87. The second kappa shape index (κ2) is 13.3. The van der Waals surface area contributed by atoms with Crippen molar-refractivity contribution in [2.75, 3.05) is 40.5 Å². The molecule has 0 bridgehead atoms. The molecule has 2 N–H and O–H groups in total. The van der Waals surface area contributed by atoms with Crippen molar-refractivity contribution in [3.05, 3.63) is 48.5 Å². The second-order valence-electron chi connectivity index (χ2n) is 8.19.